The molecule has 2 aromatic carbocycles. The second-order valence-electron chi connectivity index (χ2n) is 6.42. The fourth-order valence-corrected chi connectivity index (χ4v) is 3.18. The van der Waals surface area contributed by atoms with Gasteiger partial charge in [0.1, 0.15) is 0 Å². The van der Waals surface area contributed by atoms with E-state index in [0.717, 1.165) is 29.3 Å². The van der Waals surface area contributed by atoms with E-state index in [-0.39, 0.29) is 6.79 Å². The van der Waals surface area contributed by atoms with Gasteiger partial charge in [-0.15, -0.1) is 0 Å². The van der Waals surface area contributed by atoms with Crippen LogP contribution >= 0.6 is 12.2 Å². The number of benzene rings is 2. The van der Waals surface area contributed by atoms with E-state index in [2.05, 4.69) is 60.6 Å². The number of anilines is 2. The molecule has 0 unspecified atom stereocenters. The summed E-state index contributed by atoms with van der Waals surface area (Å²) < 4.78 is 10.7. The van der Waals surface area contributed by atoms with Crippen LogP contribution < -0.4 is 25.0 Å². The fraction of sp³-hybridized carbons (Fsp3) is 0.350. The Labute approximate surface area is 160 Å². The number of hydrogen-bond donors (Lipinski definition) is 2. The maximum Gasteiger partial charge on any atom is 0.231 e. The van der Waals surface area contributed by atoms with Crippen LogP contribution in [-0.2, 0) is 6.54 Å². The highest BCUT2D eigenvalue weighted by Crippen LogP contribution is 2.32. The molecule has 0 spiro atoms. The molecule has 0 aliphatic carbocycles. The largest absolute Gasteiger partial charge is 0.454 e. The van der Waals surface area contributed by atoms with E-state index in [0.29, 0.717) is 17.7 Å². The third-order valence-corrected chi connectivity index (χ3v) is 4.56. The molecule has 0 saturated carbocycles. The smallest absolute Gasteiger partial charge is 0.231 e. The lowest BCUT2D eigenvalue weighted by Gasteiger charge is -2.27. The zero-order valence-corrected chi connectivity index (χ0v) is 16.2. The molecule has 6 heteroatoms. The van der Waals surface area contributed by atoms with Gasteiger partial charge in [0.15, 0.2) is 16.6 Å². The quantitative estimate of drug-likeness (QED) is 0.745. The lowest BCUT2D eigenvalue weighted by Crippen LogP contribution is -2.30. The third kappa shape index (κ3) is 4.38. The Morgan fingerprint density at radius 3 is 2.54 bits per heavy atom. The van der Waals surface area contributed by atoms with Crippen LogP contribution in [0.3, 0.4) is 0 Å². The monoisotopic (exact) mass is 371 g/mol. The van der Waals surface area contributed by atoms with Gasteiger partial charge in [0.2, 0.25) is 6.79 Å². The number of hydrogen-bond acceptors (Lipinski definition) is 4. The van der Waals surface area contributed by atoms with Gasteiger partial charge in [-0.2, -0.15) is 0 Å². The van der Waals surface area contributed by atoms with Crippen molar-refractivity contribution < 1.29 is 9.47 Å². The first-order valence-electron chi connectivity index (χ1n) is 8.87. The first-order valence-corrected chi connectivity index (χ1v) is 9.27. The maximum absolute atomic E-state index is 5.40. The number of rotatable bonds is 6. The standard InChI is InChI=1S/C20H25N3O2S/c1-4-23(14(2)3)17-8-6-16(7-9-17)22-20(26)21-12-15-5-10-18-19(11-15)25-13-24-18/h5-11,14H,4,12-13H2,1-3H3,(H2,21,22,26). The zero-order valence-electron chi connectivity index (χ0n) is 15.4. The number of nitrogens with one attached hydrogen (secondary N) is 2. The Bertz CT molecular complexity index is 762. The van der Waals surface area contributed by atoms with Crippen molar-refractivity contribution in [2.24, 2.45) is 0 Å². The van der Waals surface area contributed by atoms with Crippen LogP contribution in [0.4, 0.5) is 11.4 Å². The summed E-state index contributed by atoms with van der Waals surface area (Å²) in [5, 5.41) is 7.03. The summed E-state index contributed by atoms with van der Waals surface area (Å²) in [6.45, 7) is 8.46. The van der Waals surface area contributed by atoms with Crippen molar-refractivity contribution in [2.45, 2.75) is 33.4 Å². The molecule has 1 aliphatic heterocycles. The molecular formula is C20H25N3O2S. The molecule has 1 heterocycles. The van der Waals surface area contributed by atoms with Crippen molar-refractivity contribution in [1.29, 1.82) is 0 Å². The minimum Gasteiger partial charge on any atom is -0.454 e. The van der Waals surface area contributed by atoms with Gasteiger partial charge in [-0.3, -0.25) is 0 Å². The molecule has 2 aromatic rings. The highest BCUT2D eigenvalue weighted by molar-refractivity contribution is 7.80. The molecule has 2 N–H and O–H groups in total. The van der Waals surface area contributed by atoms with Crippen molar-refractivity contribution in [3.8, 4) is 11.5 Å². The predicted octanol–water partition coefficient (Wildman–Crippen LogP) is 4.14. The zero-order chi connectivity index (χ0) is 18.5. The summed E-state index contributed by atoms with van der Waals surface area (Å²) in [7, 11) is 0. The van der Waals surface area contributed by atoms with Gasteiger partial charge in [-0.1, -0.05) is 6.07 Å². The van der Waals surface area contributed by atoms with Gasteiger partial charge >= 0.3 is 0 Å². The maximum atomic E-state index is 5.40. The molecule has 1 aliphatic rings. The van der Waals surface area contributed by atoms with Crippen LogP contribution in [0.15, 0.2) is 42.5 Å². The lowest BCUT2D eigenvalue weighted by atomic mass is 10.2. The molecule has 0 atom stereocenters. The van der Waals surface area contributed by atoms with Crippen LogP contribution in [0.2, 0.25) is 0 Å². The third-order valence-electron chi connectivity index (χ3n) is 4.31. The molecule has 138 valence electrons. The number of nitrogens with zero attached hydrogens (tertiary/aromatic N) is 1. The topological polar surface area (TPSA) is 45.8 Å². The number of ether oxygens (including phenoxy) is 2. The molecule has 0 saturated heterocycles. The van der Waals surface area contributed by atoms with Gasteiger partial charge in [0, 0.05) is 30.5 Å². The second-order valence-corrected chi connectivity index (χ2v) is 6.83. The summed E-state index contributed by atoms with van der Waals surface area (Å²) in [4.78, 5) is 2.35. The van der Waals surface area contributed by atoms with Crippen molar-refractivity contribution in [3.05, 3.63) is 48.0 Å². The average molecular weight is 372 g/mol. The molecule has 0 radical (unpaired) electrons. The fourth-order valence-electron chi connectivity index (χ4n) is 2.99. The van der Waals surface area contributed by atoms with Gasteiger partial charge in [-0.05, 0) is 75.0 Å². The van der Waals surface area contributed by atoms with E-state index in [4.69, 9.17) is 21.7 Å². The highest BCUT2D eigenvalue weighted by atomic mass is 32.1. The number of thiocarbonyl (C=S) groups is 1. The molecule has 0 amide bonds. The Kier molecular flexibility index (Phi) is 5.83. The van der Waals surface area contributed by atoms with Gasteiger partial charge in [0.25, 0.3) is 0 Å². The van der Waals surface area contributed by atoms with E-state index in [1.54, 1.807) is 0 Å². The van der Waals surface area contributed by atoms with Crippen LogP contribution in [0.25, 0.3) is 0 Å². The van der Waals surface area contributed by atoms with Gasteiger partial charge in [-0.25, -0.2) is 0 Å². The second kappa shape index (κ2) is 8.27. The highest BCUT2D eigenvalue weighted by Gasteiger charge is 2.13. The van der Waals surface area contributed by atoms with Gasteiger partial charge < -0.3 is 25.0 Å². The van der Waals surface area contributed by atoms with Gasteiger partial charge in [0.05, 0.1) is 0 Å². The van der Waals surface area contributed by atoms with Crippen LogP contribution in [0, 0.1) is 0 Å². The normalized spacial score (nSPS) is 12.2. The van der Waals surface area contributed by atoms with Crippen LogP contribution in [0.1, 0.15) is 26.3 Å². The Morgan fingerprint density at radius 1 is 1.12 bits per heavy atom. The average Bonchev–Trinajstić information content (AvgIpc) is 3.09. The lowest BCUT2D eigenvalue weighted by molar-refractivity contribution is 0.174. The Hall–Kier alpha value is -2.47. The van der Waals surface area contributed by atoms with Crippen LogP contribution in [0.5, 0.6) is 11.5 Å². The molecule has 5 nitrogen and oxygen atoms in total. The summed E-state index contributed by atoms with van der Waals surface area (Å²) in [6, 6.07) is 14.7. The van der Waals surface area contributed by atoms with E-state index in [1.165, 1.54) is 5.69 Å². The van der Waals surface area contributed by atoms with Crippen molar-refractivity contribution in [3.63, 3.8) is 0 Å². The van der Waals surface area contributed by atoms with Crippen molar-refractivity contribution >= 4 is 28.7 Å². The Morgan fingerprint density at radius 2 is 1.85 bits per heavy atom. The van der Waals surface area contributed by atoms with E-state index < -0.39 is 0 Å². The van der Waals surface area contributed by atoms with Crippen LogP contribution in [-0.4, -0.2) is 24.5 Å². The molecule has 0 fully saturated rings. The Balaban J connectivity index is 1.53. The summed E-state index contributed by atoms with van der Waals surface area (Å²) in [5.41, 5.74) is 3.27. The first-order chi connectivity index (χ1) is 12.6. The van der Waals surface area contributed by atoms with Crippen molar-refractivity contribution in [1.82, 2.24) is 5.32 Å². The molecule has 0 bridgehead atoms. The van der Waals surface area contributed by atoms with E-state index in [9.17, 15) is 0 Å². The minimum absolute atomic E-state index is 0.286. The minimum atomic E-state index is 0.286. The molecule has 26 heavy (non-hydrogen) atoms. The molecular weight excluding hydrogens is 346 g/mol. The number of fused-ring (bicyclic) bond motifs is 1. The summed E-state index contributed by atoms with van der Waals surface area (Å²) in [5.74, 6) is 1.57. The predicted molar refractivity (Wildman–Crippen MR) is 110 cm³/mol. The SMILES string of the molecule is CCN(c1ccc(NC(=S)NCc2ccc3c(c2)OCO3)cc1)C(C)C. The molecule has 3 rings (SSSR count). The van der Waals surface area contributed by atoms with Crippen molar-refractivity contribution in [2.75, 3.05) is 23.6 Å². The summed E-state index contributed by atoms with van der Waals surface area (Å²) >= 11 is 5.39. The van der Waals surface area contributed by atoms with E-state index in [1.807, 2.05) is 18.2 Å². The first kappa shape index (κ1) is 18.3. The summed E-state index contributed by atoms with van der Waals surface area (Å²) in [6.07, 6.45) is 0. The van der Waals surface area contributed by atoms with E-state index >= 15 is 0 Å². The molecule has 0 aromatic heterocycles.